The third-order valence-corrected chi connectivity index (χ3v) is 4.50. The minimum atomic E-state index is -0.173. The molecule has 1 heterocycles. The second-order valence-electron chi connectivity index (χ2n) is 6.91. The molecule has 0 aliphatic carbocycles. The van der Waals surface area contributed by atoms with Gasteiger partial charge >= 0.3 is 0 Å². The molecule has 1 N–H and O–H groups in total. The van der Waals surface area contributed by atoms with Gasteiger partial charge in [0, 0.05) is 36.3 Å². The quantitative estimate of drug-likeness (QED) is 0.528. The summed E-state index contributed by atoms with van der Waals surface area (Å²) in [4.78, 5) is 16.8. The number of rotatable bonds is 9. The van der Waals surface area contributed by atoms with E-state index >= 15 is 0 Å². The Balaban J connectivity index is 1.63. The molecule has 1 aromatic heterocycles. The lowest BCUT2D eigenvalue weighted by Gasteiger charge is -2.14. The van der Waals surface area contributed by atoms with Gasteiger partial charge in [0.25, 0.3) is 5.91 Å². The molecule has 0 saturated carbocycles. The number of aryl methyl sites for hydroxylation is 2. The van der Waals surface area contributed by atoms with E-state index in [-0.39, 0.29) is 5.91 Å². The van der Waals surface area contributed by atoms with Crippen LogP contribution in [0.3, 0.4) is 0 Å². The third-order valence-electron chi connectivity index (χ3n) is 4.50. The molecule has 1 amide bonds. The number of carbonyl (C=O) groups is 1. The van der Waals surface area contributed by atoms with E-state index in [4.69, 9.17) is 14.2 Å². The number of nitrogens with zero attached hydrogens (tertiary/aromatic N) is 1. The highest BCUT2D eigenvalue weighted by Crippen LogP contribution is 2.26. The van der Waals surface area contributed by atoms with Crippen LogP contribution in [0, 0.1) is 13.8 Å². The zero-order valence-corrected chi connectivity index (χ0v) is 17.5. The molecule has 0 bridgehead atoms. The number of hydrogen-bond donors (Lipinski definition) is 1. The topological polar surface area (TPSA) is 69.7 Å². The van der Waals surface area contributed by atoms with Crippen molar-refractivity contribution < 1.29 is 19.0 Å². The second-order valence-corrected chi connectivity index (χ2v) is 6.91. The van der Waals surface area contributed by atoms with Gasteiger partial charge in [-0.15, -0.1) is 0 Å². The Morgan fingerprint density at radius 2 is 1.73 bits per heavy atom. The minimum absolute atomic E-state index is 0.173. The largest absolute Gasteiger partial charge is 0.491 e. The predicted molar refractivity (Wildman–Crippen MR) is 116 cm³/mol. The normalized spacial score (nSPS) is 10.5. The smallest absolute Gasteiger partial charge is 0.255 e. The van der Waals surface area contributed by atoms with Crippen molar-refractivity contribution in [1.82, 2.24) is 4.98 Å². The molecule has 6 nitrogen and oxygen atoms in total. The van der Waals surface area contributed by atoms with E-state index in [9.17, 15) is 4.79 Å². The second kappa shape index (κ2) is 10.4. The molecule has 30 heavy (non-hydrogen) atoms. The zero-order chi connectivity index (χ0) is 21.3. The van der Waals surface area contributed by atoms with Crippen molar-refractivity contribution in [2.45, 2.75) is 20.5 Å². The van der Waals surface area contributed by atoms with Crippen LogP contribution in [0.5, 0.6) is 11.5 Å². The maximum absolute atomic E-state index is 12.7. The van der Waals surface area contributed by atoms with Crippen LogP contribution in [0.15, 0.2) is 60.9 Å². The highest BCUT2D eigenvalue weighted by molar-refractivity contribution is 6.04. The molecule has 6 heteroatoms. The summed E-state index contributed by atoms with van der Waals surface area (Å²) in [7, 11) is 1.63. The zero-order valence-electron chi connectivity index (χ0n) is 17.5. The van der Waals surface area contributed by atoms with Crippen molar-refractivity contribution in [3.8, 4) is 11.5 Å². The lowest BCUT2D eigenvalue weighted by Crippen LogP contribution is -2.13. The summed E-state index contributed by atoms with van der Waals surface area (Å²) < 4.78 is 16.5. The summed E-state index contributed by atoms with van der Waals surface area (Å²) in [6.07, 6.45) is 3.51. The number of anilines is 1. The van der Waals surface area contributed by atoms with Gasteiger partial charge in [-0.2, -0.15) is 0 Å². The Hall–Kier alpha value is -3.38. The molecule has 156 valence electrons. The molecule has 0 fully saturated rings. The van der Waals surface area contributed by atoms with E-state index in [1.54, 1.807) is 19.5 Å². The van der Waals surface area contributed by atoms with Gasteiger partial charge in [-0.25, -0.2) is 0 Å². The van der Waals surface area contributed by atoms with E-state index in [0.717, 1.165) is 28.2 Å². The molecule has 0 spiro atoms. The first-order valence-corrected chi connectivity index (χ1v) is 9.73. The number of ether oxygens (including phenoxy) is 3. The van der Waals surface area contributed by atoms with Crippen LogP contribution in [0.1, 0.15) is 27.0 Å². The van der Waals surface area contributed by atoms with Gasteiger partial charge < -0.3 is 19.5 Å². The van der Waals surface area contributed by atoms with Gasteiger partial charge in [-0.3, -0.25) is 9.78 Å². The molecule has 0 unspecified atom stereocenters. The van der Waals surface area contributed by atoms with E-state index in [1.165, 1.54) is 0 Å². The van der Waals surface area contributed by atoms with Crippen molar-refractivity contribution in [1.29, 1.82) is 0 Å². The lowest BCUT2D eigenvalue weighted by molar-refractivity contribution is 0.102. The van der Waals surface area contributed by atoms with Gasteiger partial charge in [0.2, 0.25) is 0 Å². The van der Waals surface area contributed by atoms with Crippen LogP contribution in [0.4, 0.5) is 5.69 Å². The third kappa shape index (κ3) is 5.81. The van der Waals surface area contributed by atoms with Gasteiger partial charge in [0.05, 0.1) is 6.61 Å². The highest BCUT2D eigenvalue weighted by atomic mass is 16.5. The molecule has 0 aliphatic rings. The van der Waals surface area contributed by atoms with Crippen LogP contribution >= 0.6 is 0 Å². The molecule has 2 aromatic carbocycles. The number of carbonyl (C=O) groups excluding carboxylic acids is 1. The number of amides is 1. The molecular formula is C24H26N2O4. The van der Waals surface area contributed by atoms with Crippen LogP contribution in [-0.4, -0.2) is 31.2 Å². The Bertz CT molecular complexity index is 949. The van der Waals surface area contributed by atoms with Crippen LogP contribution in [-0.2, 0) is 11.3 Å². The molecule has 3 rings (SSSR count). The minimum Gasteiger partial charge on any atom is -0.491 e. The first kappa shape index (κ1) is 21.3. The fourth-order valence-electron chi connectivity index (χ4n) is 3.03. The number of nitrogens with one attached hydrogen (secondary N) is 1. The van der Waals surface area contributed by atoms with Crippen molar-refractivity contribution in [2.24, 2.45) is 0 Å². The van der Waals surface area contributed by atoms with Gasteiger partial charge in [-0.1, -0.05) is 6.07 Å². The summed E-state index contributed by atoms with van der Waals surface area (Å²) in [5, 5.41) is 2.92. The fourth-order valence-corrected chi connectivity index (χ4v) is 3.03. The van der Waals surface area contributed by atoms with E-state index < -0.39 is 0 Å². The van der Waals surface area contributed by atoms with Gasteiger partial charge in [0.1, 0.15) is 24.7 Å². The summed E-state index contributed by atoms with van der Waals surface area (Å²) in [5.41, 5.74) is 4.09. The van der Waals surface area contributed by atoms with E-state index in [2.05, 4.69) is 10.3 Å². The number of hydrogen-bond acceptors (Lipinski definition) is 5. The Morgan fingerprint density at radius 3 is 2.37 bits per heavy atom. The fraction of sp³-hybridized carbons (Fsp3) is 0.250. The Kier molecular flexibility index (Phi) is 7.40. The Labute approximate surface area is 176 Å². The number of methoxy groups -OCH3 is 1. The molecule has 3 aromatic rings. The summed E-state index contributed by atoms with van der Waals surface area (Å²) in [5.74, 6) is 1.34. The standard InChI is InChI=1S/C24H26N2O4/c1-17-13-20(14-18(2)23(17)30-16-19-5-4-10-25-15-19)24(27)26-21-6-8-22(9-7-21)29-12-11-28-3/h4-10,13-15H,11-12,16H2,1-3H3,(H,26,27). The number of benzene rings is 2. The average Bonchev–Trinajstić information content (AvgIpc) is 2.75. The average molecular weight is 406 g/mol. The van der Waals surface area contributed by atoms with Crippen molar-refractivity contribution >= 4 is 11.6 Å². The van der Waals surface area contributed by atoms with E-state index in [0.29, 0.717) is 31.1 Å². The maximum atomic E-state index is 12.7. The maximum Gasteiger partial charge on any atom is 0.255 e. The molecule has 0 saturated heterocycles. The summed E-state index contributed by atoms with van der Waals surface area (Å²) in [6.45, 7) is 5.32. The number of pyridine rings is 1. The first-order valence-electron chi connectivity index (χ1n) is 9.73. The summed E-state index contributed by atoms with van der Waals surface area (Å²) >= 11 is 0. The SMILES string of the molecule is COCCOc1ccc(NC(=O)c2cc(C)c(OCc3cccnc3)c(C)c2)cc1. The predicted octanol–water partition coefficient (Wildman–Crippen LogP) is 4.55. The van der Waals surface area contributed by atoms with Crippen molar-refractivity contribution in [3.05, 3.63) is 83.2 Å². The molecule has 0 aliphatic heterocycles. The first-order chi connectivity index (χ1) is 14.6. The summed E-state index contributed by atoms with van der Waals surface area (Å²) in [6, 6.07) is 14.8. The monoisotopic (exact) mass is 406 g/mol. The molecule has 0 atom stereocenters. The van der Waals surface area contributed by atoms with Gasteiger partial charge in [0.15, 0.2) is 0 Å². The Morgan fingerprint density at radius 1 is 1.00 bits per heavy atom. The van der Waals surface area contributed by atoms with Crippen molar-refractivity contribution in [2.75, 3.05) is 25.6 Å². The molecular weight excluding hydrogens is 380 g/mol. The van der Waals surface area contributed by atoms with Gasteiger partial charge in [-0.05, 0) is 67.4 Å². The molecule has 0 radical (unpaired) electrons. The van der Waals surface area contributed by atoms with E-state index in [1.807, 2.05) is 62.4 Å². The number of aromatic nitrogens is 1. The van der Waals surface area contributed by atoms with Crippen LogP contribution in [0.25, 0.3) is 0 Å². The highest BCUT2D eigenvalue weighted by Gasteiger charge is 2.12. The lowest BCUT2D eigenvalue weighted by atomic mass is 10.0. The van der Waals surface area contributed by atoms with Crippen LogP contribution in [0.2, 0.25) is 0 Å². The van der Waals surface area contributed by atoms with Crippen LogP contribution < -0.4 is 14.8 Å². The van der Waals surface area contributed by atoms with Crippen molar-refractivity contribution in [3.63, 3.8) is 0 Å².